The van der Waals surface area contributed by atoms with E-state index in [-0.39, 0.29) is 0 Å². The highest BCUT2D eigenvalue weighted by Gasteiger charge is 2.14. The second kappa shape index (κ2) is 4.40. The average molecular weight is 266 g/mol. The number of rotatable bonds is 1. The smallest absolute Gasteiger partial charge is 0.0516 e. The molecule has 0 bridgehead atoms. The molecule has 1 unspecified atom stereocenters. The zero-order valence-corrected chi connectivity index (χ0v) is 10.9. The van der Waals surface area contributed by atoms with Gasteiger partial charge in [0.1, 0.15) is 0 Å². The lowest BCUT2D eigenvalue weighted by Crippen LogP contribution is -2.07. The first-order chi connectivity index (χ1) is 8.25. The average Bonchev–Trinajstić information content (AvgIpc) is 2.74. The Morgan fingerprint density at radius 2 is 2.12 bits per heavy atom. The summed E-state index contributed by atoms with van der Waals surface area (Å²) in [5, 5.41) is 2.50. The summed E-state index contributed by atoms with van der Waals surface area (Å²) in [5.41, 5.74) is 1.12. The molecular formula is C14H13Cl2N. The van der Waals surface area contributed by atoms with Crippen LogP contribution in [0.2, 0.25) is 10.0 Å². The Morgan fingerprint density at radius 1 is 1.24 bits per heavy atom. The SMILES string of the molecule is Clc1cc(Cl)c2ccn(C3C=CCCC3)c2c1. The van der Waals surface area contributed by atoms with E-state index in [1.807, 2.05) is 6.07 Å². The van der Waals surface area contributed by atoms with Crippen LogP contribution >= 0.6 is 23.2 Å². The van der Waals surface area contributed by atoms with Gasteiger partial charge in [0.25, 0.3) is 0 Å². The molecule has 88 valence electrons. The van der Waals surface area contributed by atoms with Gasteiger partial charge < -0.3 is 4.57 Å². The maximum absolute atomic E-state index is 6.20. The van der Waals surface area contributed by atoms with Crippen LogP contribution in [-0.4, -0.2) is 4.57 Å². The van der Waals surface area contributed by atoms with E-state index >= 15 is 0 Å². The summed E-state index contributed by atoms with van der Waals surface area (Å²) in [7, 11) is 0. The number of hydrogen-bond donors (Lipinski definition) is 0. The summed E-state index contributed by atoms with van der Waals surface area (Å²) in [6.07, 6.45) is 10.3. The second-order valence-electron chi connectivity index (χ2n) is 4.47. The van der Waals surface area contributed by atoms with Crippen molar-refractivity contribution in [2.75, 3.05) is 0 Å². The summed E-state index contributed by atoms with van der Waals surface area (Å²) >= 11 is 12.3. The fraction of sp³-hybridized carbons (Fsp3) is 0.286. The molecule has 17 heavy (non-hydrogen) atoms. The van der Waals surface area contributed by atoms with Gasteiger partial charge in [0.2, 0.25) is 0 Å². The molecule has 1 aromatic heterocycles. The molecule has 1 nitrogen and oxygen atoms in total. The topological polar surface area (TPSA) is 4.93 Å². The summed E-state index contributed by atoms with van der Waals surface area (Å²) in [6.45, 7) is 0. The Balaban J connectivity index is 2.17. The zero-order valence-electron chi connectivity index (χ0n) is 9.37. The van der Waals surface area contributed by atoms with Crippen molar-refractivity contribution in [2.45, 2.75) is 25.3 Å². The number of aromatic nitrogens is 1. The first kappa shape index (κ1) is 11.2. The highest BCUT2D eigenvalue weighted by Crippen LogP contribution is 2.33. The minimum absolute atomic E-state index is 0.441. The van der Waals surface area contributed by atoms with Crippen molar-refractivity contribution in [1.29, 1.82) is 0 Å². The number of nitrogens with zero attached hydrogens (tertiary/aromatic N) is 1. The van der Waals surface area contributed by atoms with Crippen molar-refractivity contribution in [3.8, 4) is 0 Å². The molecule has 0 saturated carbocycles. The molecule has 0 amide bonds. The van der Waals surface area contributed by atoms with Crippen molar-refractivity contribution in [3.63, 3.8) is 0 Å². The van der Waals surface area contributed by atoms with Crippen molar-refractivity contribution in [2.24, 2.45) is 0 Å². The lowest BCUT2D eigenvalue weighted by atomic mass is 10.0. The lowest BCUT2D eigenvalue weighted by molar-refractivity contribution is 0.531. The van der Waals surface area contributed by atoms with Crippen LogP contribution in [0.15, 0.2) is 36.5 Å². The van der Waals surface area contributed by atoms with Gasteiger partial charge in [0, 0.05) is 16.6 Å². The van der Waals surface area contributed by atoms with Crippen molar-refractivity contribution in [3.05, 3.63) is 46.6 Å². The largest absolute Gasteiger partial charge is 0.341 e. The summed E-state index contributed by atoms with van der Waals surface area (Å²) in [6, 6.07) is 6.30. The lowest BCUT2D eigenvalue weighted by Gasteiger charge is -2.19. The van der Waals surface area contributed by atoms with E-state index in [0.29, 0.717) is 11.1 Å². The fourth-order valence-corrected chi connectivity index (χ4v) is 3.05. The van der Waals surface area contributed by atoms with E-state index in [1.165, 1.54) is 19.3 Å². The number of halogens is 2. The van der Waals surface area contributed by atoms with E-state index in [4.69, 9.17) is 23.2 Å². The normalized spacial score (nSPS) is 20.0. The van der Waals surface area contributed by atoms with Gasteiger partial charge in [-0.25, -0.2) is 0 Å². The van der Waals surface area contributed by atoms with Crippen molar-refractivity contribution in [1.82, 2.24) is 4.57 Å². The van der Waals surface area contributed by atoms with Gasteiger partial charge in [0.05, 0.1) is 16.6 Å². The Hall–Kier alpha value is -0.920. The van der Waals surface area contributed by atoms with Crippen LogP contribution < -0.4 is 0 Å². The molecule has 1 heterocycles. The number of allylic oxidation sites excluding steroid dienone is 2. The van der Waals surface area contributed by atoms with Crippen LogP contribution in [0.1, 0.15) is 25.3 Å². The molecule has 3 heteroatoms. The van der Waals surface area contributed by atoms with Gasteiger partial charge >= 0.3 is 0 Å². The zero-order chi connectivity index (χ0) is 11.8. The molecule has 1 aliphatic carbocycles. The first-order valence-electron chi connectivity index (χ1n) is 5.88. The van der Waals surface area contributed by atoms with E-state index in [1.54, 1.807) is 6.07 Å². The molecule has 0 spiro atoms. The fourth-order valence-electron chi connectivity index (χ4n) is 2.50. The molecule has 0 aliphatic heterocycles. The van der Waals surface area contributed by atoms with Crippen LogP contribution in [-0.2, 0) is 0 Å². The van der Waals surface area contributed by atoms with Gasteiger partial charge in [-0.05, 0) is 37.5 Å². The number of benzene rings is 1. The Bertz CT molecular complexity index is 583. The van der Waals surface area contributed by atoms with E-state index in [9.17, 15) is 0 Å². The Labute approximate surface area is 111 Å². The molecule has 1 atom stereocenters. The molecule has 0 N–H and O–H groups in total. The predicted octanol–water partition coefficient (Wildman–Crippen LogP) is 5.23. The molecule has 1 aliphatic rings. The van der Waals surface area contributed by atoms with Crippen LogP contribution in [0.3, 0.4) is 0 Å². The van der Waals surface area contributed by atoms with E-state index < -0.39 is 0 Å². The van der Waals surface area contributed by atoms with Gasteiger partial charge in [-0.2, -0.15) is 0 Å². The van der Waals surface area contributed by atoms with Crippen molar-refractivity contribution >= 4 is 34.1 Å². The molecular weight excluding hydrogens is 253 g/mol. The molecule has 3 rings (SSSR count). The minimum atomic E-state index is 0.441. The molecule has 0 saturated heterocycles. The van der Waals surface area contributed by atoms with Crippen LogP contribution in [0.5, 0.6) is 0 Å². The third-order valence-corrected chi connectivity index (χ3v) is 3.87. The van der Waals surface area contributed by atoms with Gasteiger partial charge in [0.15, 0.2) is 0 Å². The third-order valence-electron chi connectivity index (χ3n) is 3.34. The maximum Gasteiger partial charge on any atom is 0.0516 e. The number of fused-ring (bicyclic) bond motifs is 1. The standard InChI is InChI=1S/C14H13Cl2N/c15-10-8-13(16)12-6-7-17(14(12)9-10)11-4-2-1-3-5-11/h2,4,6-9,11H,1,3,5H2. The number of hydrogen-bond acceptors (Lipinski definition) is 0. The molecule has 0 radical (unpaired) electrons. The molecule has 2 aromatic rings. The quantitative estimate of drug-likeness (QED) is 0.623. The van der Waals surface area contributed by atoms with Crippen molar-refractivity contribution < 1.29 is 0 Å². The minimum Gasteiger partial charge on any atom is -0.341 e. The second-order valence-corrected chi connectivity index (χ2v) is 5.31. The molecule has 0 fully saturated rings. The van der Waals surface area contributed by atoms with Gasteiger partial charge in [-0.3, -0.25) is 0 Å². The van der Waals surface area contributed by atoms with E-state index in [0.717, 1.165) is 15.9 Å². The first-order valence-corrected chi connectivity index (χ1v) is 6.63. The van der Waals surface area contributed by atoms with Gasteiger partial charge in [-0.15, -0.1) is 0 Å². The summed E-state index contributed by atoms with van der Waals surface area (Å²) < 4.78 is 2.27. The monoisotopic (exact) mass is 265 g/mol. The maximum atomic E-state index is 6.20. The predicted molar refractivity (Wildman–Crippen MR) is 74.0 cm³/mol. The Kier molecular flexibility index (Phi) is 2.89. The summed E-state index contributed by atoms with van der Waals surface area (Å²) in [4.78, 5) is 0. The highest BCUT2D eigenvalue weighted by molar-refractivity contribution is 6.38. The molecule has 1 aromatic carbocycles. The van der Waals surface area contributed by atoms with Crippen LogP contribution in [0.4, 0.5) is 0 Å². The highest BCUT2D eigenvalue weighted by atomic mass is 35.5. The van der Waals surface area contributed by atoms with Crippen LogP contribution in [0, 0.1) is 0 Å². The van der Waals surface area contributed by atoms with Gasteiger partial charge in [-0.1, -0.05) is 35.4 Å². The van der Waals surface area contributed by atoms with Crippen LogP contribution in [0.25, 0.3) is 10.9 Å². The Morgan fingerprint density at radius 3 is 2.88 bits per heavy atom. The summed E-state index contributed by atoms with van der Waals surface area (Å²) in [5.74, 6) is 0. The third kappa shape index (κ3) is 1.98. The van der Waals surface area contributed by atoms with E-state index in [2.05, 4.69) is 29.0 Å².